The zero-order chi connectivity index (χ0) is 13.0. The van der Waals surface area contributed by atoms with Crippen LogP contribution in [0.4, 0.5) is 5.82 Å². The summed E-state index contributed by atoms with van der Waals surface area (Å²) >= 11 is 7.52. The molecule has 0 unspecified atom stereocenters. The van der Waals surface area contributed by atoms with E-state index in [4.69, 9.17) is 11.6 Å². The van der Waals surface area contributed by atoms with Gasteiger partial charge in [0, 0.05) is 11.4 Å². The average molecular weight is 285 g/mol. The van der Waals surface area contributed by atoms with Gasteiger partial charge in [-0.25, -0.2) is 4.98 Å². The molecule has 1 amide bonds. The van der Waals surface area contributed by atoms with E-state index < -0.39 is 0 Å². The van der Waals surface area contributed by atoms with Crippen LogP contribution in [0.15, 0.2) is 18.3 Å². The fourth-order valence-electron chi connectivity index (χ4n) is 2.05. The monoisotopic (exact) mass is 284 g/mol. The van der Waals surface area contributed by atoms with E-state index in [9.17, 15) is 4.79 Å². The molecule has 18 heavy (non-hydrogen) atoms. The van der Waals surface area contributed by atoms with Crippen molar-refractivity contribution in [2.75, 3.05) is 5.32 Å². The maximum atomic E-state index is 12.0. The van der Waals surface area contributed by atoms with Crippen molar-refractivity contribution < 1.29 is 4.79 Å². The summed E-state index contributed by atoms with van der Waals surface area (Å²) in [5.74, 6) is 0.574. The molecule has 0 aromatic carbocycles. The zero-order valence-corrected chi connectivity index (χ0v) is 11.9. The van der Waals surface area contributed by atoms with Gasteiger partial charge >= 0.3 is 0 Å². The number of anilines is 1. The Bertz CT molecular complexity index is 404. The summed E-state index contributed by atoms with van der Waals surface area (Å²) in [6.45, 7) is 1.95. The summed E-state index contributed by atoms with van der Waals surface area (Å²) in [5.41, 5.74) is 0. The van der Waals surface area contributed by atoms with Crippen LogP contribution in [0, 0.1) is 0 Å². The lowest BCUT2D eigenvalue weighted by molar-refractivity contribution is -0.115. The van der Waals surface area contributed by atoms with Crippen molar-refractivity contribution in [1.29, 1.82) is 0 Å². The molecule has 0 spiro atoms. The Kier molecular flexibility index (Phi) is 4.89. The number of rotatable bonds is 4. The Hall–Kier alpha value is -0.740. The van der Waals surface area contributed by atoms with Crippen LogP contribution in [0.5, 0.6) is 0 Å². The number of thioether (sulfide) groups is 1. The molecule has 1 aliphatic carbocycles. The van der Waals surface area contributed by atoms with E-state index in [1.807, 2.05) is 6.92 Å². The standard InChI is InChI=1S/C13H17ClN2OS/c1-9(18-11-4-2-3-5-11)13(17)16-12-7-6-10(14)8-15-12/h6-9,11H,2-5H2,1H3,(H,15,16,17)/t9-/m1/s1. The summed E-state index contributed by atoms with van der Waals surface area (Å²) in [6.07, 6.45) is 6.60. The number of carbonyl (C=O) groups is 1. The topological polar surface area (TPSA) is 42.0 Å². The molecule has 0 saturated heterocycles. The van der Waals surface area contributed by atoms with Crippen molar-refractivity contribution in [3.05, 3.63) is 23.4 Å². The molecule has 2 rings (SSSR count). The molecule has 3 nitrogen and oxygen atoms in total. The van der Waals surface area contributed by atoms with Gasteiger partial charge < -0.3 is 5.32 Å². The molecule has 5 heteroatoms. The first-order valence-electron chi connectivity index (χ1n) is 6.23. The molecule has 1 saturated carbocycles. The number of halogens is 1. The normalized spacial score (nSPS) is 17.7. The molecule has 1 N–H and O–H groups in total. The zero-order valence-electron chi connectivity index (χ0n) is 10.4. The molecule has 1 atom stereocenters. The number of nitrogens with zero attached hydrogens (tertiary/aromatic N) is 1. The van der Waals surface area contributed by atoms with Gasteiger partial charge in [0.05, 0.1) is 10.3 Å². The summed E-state index contributed by atoms with van der Waals surface area (Å²) < 4.78 is 0. The van der Waals surface area contributed by atoms with Crippen LogP contribution in [0.2, 0.25) is 5.02 Å². The second-order valence-corrected chi connectivity index (χ2v) is 6.62. The van der Waals surface area contributed by atoms with Crippen molar-refractivity contribution >= 4 is 35.1 Å². The van der Waals surface area contributed by atoms with E-state index in [0.29, 0.717) is 16.1 Å². The third kappa shape index (κ3) is 3.89. The van der Waals surface area contributed by atoms with E-state index in [2.05, 4.69) is 10.3 Å². The van der Waals surface area contributed by atoms with Gasteiger partial charge in [0.25, 0.3) is 0 Å². The molecular weight excluding hydrogens is 268 g/mol. The third-order valence-corrected chi connectivity index (χ3v) is 4.75. The van der Waals surface area contributed by atoms with Crippen LogP contribution in [0.3, 0.4) is 0 Å². The van der Waals surface area contributed by atoms with Gasteiger partial charge in [-0.05, 0) is 31.9 Å². The Morgan fingerprint density at radius 3 is 2.83 bits per heavy atom. The smallest absolute Gasteiger partial charge is 0.238 e. The van der Waals surface area contributed by atoms with Crippen LogP contribution in [0.25, 0.3) is 0 Å². The molecule has 1 aliphatic rings. The predicted octanol–water partition coefficient (Wildman–Crippen LogP) is 3.74. The van der Waals surface area contributed by atoms with E-state index in [1.165, 1.54) is 31.9 Å². The lowest BCUT2D eigenvalue weighted by Gasteiger charge is -2.15. The number of pyridine rings is 1. The molecule has 1 heterocycles. The summed E-state index contributed by atoms with van der Waals surface area (Å²) in [6, 6.07) is 3.44. The lowest BCUT2D eigenvalue weighted by atomic mass is 10.4. The van der Waals surface area contributed by atoms with Gasteiger partial charge in [0.1, 0.15) is 5.82 Å². The molecule has 1 aromatic heterocycles. The van der Waals surface area contributed by atoms with Gasteiger partial charge in [-0.1, -0.05) is 24.4 Å². The van der Waals surface area contributed by atoms with Gasteiger partial charge in [-0.15, -0.1) is 11.8 Å². The highest BCUT2D eigenvalue weighted by Crippen LogP contribution is 2.32. The minimum absolute atomic E-state index is 0.0155. The highest BCUT2D eigenvalue weighted by Gasteiger charge is 2.22. The van der Waals surface area contributed by atoms with Crippen LogP contribution in [-0.4, -0.2) is 21.4 Å². The molecule has 1 fully saturated rings. The van der Waals surface area contributed by atoms with Crippen molar-refractivity contribution in [3.63, 3.8) is 0 Å². The SMILES string of the molecule is C[C@@H](SC1CCCC1)C(=O)Nc1ccc(Cl)cn1. The summed E-state index contributed by atoms with van der Waals surface area (Å²) in [4.78, 5) is 16.0. The number of amides is 1. The summed E-state index contributed by atoms with van der Waals surface area (Å²) in [7, 11) is 0. The number of hydrogen-bond acceptors (Lipinski definition) is 3. The first-order chi connectivity index (χ1) is 8.65. The average Bonchev–Trinajstić information content (AvgIpc) is 2.85. The van der Waals surface area contributed by atoms with E-state index in [0.717, 1.165) is 0 Å². The van der Waals surface area contributed by atoms with Crippen LogP contribution < -0.4 is 5.32 Å². The fourth-order valence-corrected chi connectivity index (χ4v) is 3.53. The van der Waals surface area contributed by atoms with Crippen LogP contribution in [-0.2, 0) is 4.79 Å². The first kappa shape index (κ1) is 13.7. The lowest BCUT2D eigenvalue weighted by Crippen LogP contribution is -2.24. The van der Waals surface area contributed by atoms with E-state index in [-0.39, 0.29) is 11.2 Å². The molecule has 0 bridgehead atoms. The summed E-state index contributed by atoms with van der Waals surface area (Å²) in [5, 5.41) is 3.99. The van der Waals surface area contributed by atoms with Crippen LogP contribution in [0.1, 0.15) is 32.6 Å². The molecular formula is C13H17ClN2OS. The number of hydrogen-bond donors (Lipinski definition) is 1. The second kappa shape index (κ2) is 6.43. The predicted molar refractivity (Wildman–Crippen MR) is 77.2 cm³/mol. The van der Waals surface area contributed by atoms with E-state index in [1.54, 1.807) is 23.9 Å². The fraction of sp³-hybridized carbons (Fsp3) is 0.538. The third-order valence-electron chi connectivity index (χ3n) is 3.05. The van der Waals surface area contributed by atoms with Crippen LogP contribution >= 0.6 is 23.4 Å². The quantitative estimate of drug-likeness (QED) is 0.916. The van der Waals surface area contributed by atoms with Gasteiger partial charge in [0.2, 0.25) is 5.91 Å². The number of aromatic nitrogens is 1. The Labute approximate surface area is 117 Å². The Balaban J connectivity index is 1.84. The molecule has 0 radical (unpaired) electrons. The van der Waals surface area contributed by atoms with Crippen molar-refractivity contribution in [2.45, 2.75) is 43.1 Å². The maximum absolute atomic E-state index is 12.0. The van der Waals surface area contributed by atoms with Crippen molar-refractivity contribution in [1.82, 2.24) is 4.98 Å². The largest absolute Gasteiger partial charge is 0.310 e. The highest BCUT2D eigenvalue weighted by atomic mass is 35.5. The maximum Gasteiger partial charge on any atom is 0.238 e. The minimum Gasteiger partial charge on any atom is -0.310 e. The Morgan fingerprint density at radius 1 is 1.50 bits per heavy atom. The molecule has 0 aliphatic heterocycles. The highest BCUT2D eigenvalue weighted by molar-refractivity contribution is 8.01. The molecule has 1 aromatic rings. The number of carbonyl (C=O) groups excluding carboxylic acids is 1. The Morgan fingerprint density at radius 2 is 2.22 bits per heavy atom. The van der Waals surface area contributed by atoms with Crippen molar-refractivity contribution in [3.8, 4) is 0 Å². The second-order valence-electron chi connectivity index (χ2n) is 4.54. The molecule has 98 valence electrons. The minimum atomic E-state index is -0.0365. The van der Waals surface area contributed by atoms with Gasteiger partial charge in [-0.2, -0.15) is 0 Å². The number of nitrogens with one attached hydrogen (secondary N) is 1. The van der Waals surface area contributed by atoms with Gasteiger partial charge in [0.15, 0.2) is 0 Å². The first-order valence-corrected chi connectivity index (χ1v) is 7.55. The van der Waals surface area contributed by atoms with Gasteiger partial charge in [-0.3, -0.25) is 4.79 Å². The van der Waals surface area contributed by atoms with Crippen molar-refractivity contribution in [2.24, 2.45) is 0 Å². The van der Waals surface area contributed by atoms with E-state index >= 15 is 0 Å².